The number of ether oxygens (including phenoxy) is 3. The minimum Gasteiger partial charge on any atom is -0.493 e. The Hall–Kier alpha value is -3.75. The molecule has 1 heterocycles. The molecule has 206 valence electrons. The summed E-state index contributed by atoms with van der Waals surface area (Å²) in [6, 6.07) is 12.3. The fourth-order valence-electron chi connectivity index (χ4n) is 4.92. The van der Waals surface area contributed by atoms with Gasteiger partial charge in [0, 0.05) is 20.0 Å². The van der Waals surface area contributed by atoms with Crippen molar-refractivity contribution in [2.75, 3.05) is 41.5 Å². The fraction of sp³-hybridized carbons (Fsp3) is 0.483. The number of imide groups is 1. The van der Waals surface area contributed by atoms with Crippen LogP contribution in [0.3, 0.4) is 0 Å². The number of carbonyl (C=O) groups excluding carboxylic acids is 3. The molecule has 0 aliphatic carbocycles. The number of unbranched alkanes of at least 4 members (excludes halogenated alkanes) is 4. The summed E-state index contributed by atoms with van der Waals surface area (Å²) >= 11 is 0. The molecule has 0 radical (unpaired) electrons. The molecule has 9 nitrogen and oxygen atoms in total. The number of nitrogens with one attached hydrogen (secondary N) is 1. The van der Waals surface area contributed by atoms with E-state index in [1.54, 1.807) is 19.2 Å². The first-order valence-electron chi connectivity index (χ1n) is 13.0. The standard InChI is InChI=1S/C29H39N3O6/c1-6-7-8-9-13-16-30-25(33)20-32-27(34)29(31(2)28(32)35,19-21-14-11-10-12-15-21)22-17-23(36-3)26(38-5)24(18-22)37-4/h10-12,14-15,17-18H,6-9,13,16,19-20H2,1-5H3,(H,30,33)/t29-/m1/s1. The lowest BCUT2D eigenvalue weighted by molar-refractivity contribution is -0.136. The Morgan fingerprint density at radius 1 is 0.921 bits per heavy atom. The Morgan fingerprint density at radius 2 is 1.55 bits per heavy atom. The molecule has 3 rings (SSSR count). The summed E-state index contributed by atoms with van der Waals surface area (Å²) in [5.74, 6) is 0.254. The third-order valence-corrected chi connectivity index (χ3v) is 7.04. The van der Waals surface area contributed by atoms with Gasteiger partial charge >= 0.3 is 6.03 Å². The minimum absolute atomic E-state index is 0.198. The molecule has 0 unspecified atom stereocenters. The normalized spacial score (nSPS) is 17.1. The van der Waals surface area contributed by atoms with Crippen molar-refractivity contribution >= 4 is 17.8 Å². The van der Waals surface area contributed by atoms with Gasteiger partial charge in [-0.05, 0) is 29.7 Å². The first-order chi connectivity index (χ1) is 18.3. The van der Waals surface area contributed by atoms with Crippen molar-refractivity contribution in [1.82, 2.24) is 15.1 Å². The summed E-state index contributed by atoms with van der Waals surface area (Å²) in [5, 5.41) is 2.85. The predicted molar refractivity (Wildman–Crippen MR) is 145 cm³/mol. The molecule has 1 fully saturated rings. The molecule has 9 heteroatoms. The Kier molecular flexibility index (Phi) is 9.98. The van der Waals surface area contributed by atoms with Crippen LogP contribution in [0.25, 0.3) is 0 Å². The van der Waals surface area contributed by atoms with Gasteiger partial charge in [-0.2, -0.15) is 0 Å². The number of rotatable bonds is 14. The van der Waals surface area contributed by atoms with Crippen molar-refractivity contribution in [3.05, 3.63) is 53.6 Å². The van der Waals surface area contributed by atoms with Crippen molar-refractivity contribution in [2.24, 2.45) is 0 Å². The summed E-state index contributed by atoms with van der Waals surface area (Å²) in [6.45, 7) is 2.31. The SMILES string of the molecule is CCCCCCCNC(=O)CN1C(=O)N(C)[C@](Cc2ccccc2)(c2cc(OC)c(OC)c(OC)c2)C1=O. The van der Waals surface area contributed by atoms with Crippen molar-refractivity contribution in [2.45, 2.75) is 51.0 Å². The summed E-state index contributed by atoms with van der Waals surface area (Å²) in [4.78, 5) is 42.8. The molecule has 4 amide bonds. The quantitative estimate of drug-likeness (QED) is 0.294. The van der Waals surface area contributed by atoms with E-state index in [0.717, 1.165) is 36.1 Å². The van der Waals surface area contributed by atoms with Crippen LogP contribution in [-0.4, -0.2) is 69.1 Å². The first kappa shape index (κ1) is 28.8. The van der Waals surface area contributed by atoms with Gasteiger partial charge in [0.15, 0.2) is 17.0 Å². The molecule has 0 aromatic heterocycles. The summed E-state index contributed by atoms with van der Waals surface area (Å²) in [5.41, 5.74) is -0.0747. The van der Waals surface area contributed by atoms with E-state index in [4.69, 9.17) is 14.2 Å². The Morgan fingerprint density at radius 3 is 2.13 bits per heavy atom. The summed E-state index contributed by atoms with van der Waals surface area (Å²) < 4.78 is 16.6. The molecular formula is C29H39N3O6. The molecule has 0 bridgehead atoms. The van der Waals surface area contributed by atoms with E-state index in [9.17, 15) is 14.4 Å². The molecule has 1 aliphatic rings. The molecular weight excluding hydrogens is 486 g/mol. The molecule has 1 N–H and O–H groups in total. The maximum absolute atomic E-state index is 14.2. The highest BCUT2D eigenvalue weighted by Gasteiger charge is 2.57. The second-order valence-corrected chi connectivity index (χ2v) is 9.43. The molecule has 0 spiro atoms. The number of benzene rings is 2. The van der Waals surface area contributed by atoms with Crippen molar-refractivity contribution in [3.8, 4) is 17.2 Å². The molecule has 2 aromatic rings. The van der Waals surface area contributed by atoms with E-state index in [2.05, 4.69) is 12.2 Å². The van der Waals surface area contributed by atoms with Crippen LogP contribution in [0.4, 0.5) is 4.79 Å². The summed E-state index contributed by atoms with van der Waals surface area (Å²) in [6.07, 6.45) is 5.52. The molecule has 0 saturated carbocycles. The number of methoxy groups -OCH3 is 3. The maximum Gasteiger partial charge on any atom is 0.328 e. The summed E-state index contributed by atoms with van der Waals surface area (Å²) in [7, 11) is 6.07. The topological polar surface area (TPSA) is 97.4 Å². The second kappa shape index (κ2) is 13.2. The Bertz CT molecular complexity index is 1100. The average Bonchev–Trinajstić information content (AvgIpc) is 3.11. The lowest BCUT2D eigenvalue weighted by Gasteiger charge is -2.34. The molecule has 2 aromatic carbocycles. The smallest absolute Gasteiger partial charge is 0.328 e. The molecule has 38 heavy (non-hydrogen) atoms. The fourth-order valence-corrected chi connectivity index (χ4v) is 4.92. The highest BCUT2D eigenvalue weighted by molar-refractivity contribution is 6.09. The molecule has 1 atom stereocenters. The van der Waals surface area contributed by atoms with Gasteiger partial charge in [-0.3, -0.25) is 14.5 Å². The molecule has 1 aliphatic heterocycles. The van der Waals surface area contributed by atoms with Crippen LogP contribution in [0, 0.1) is 0 Å². The van der Waals surface area contributed by atoms with Gasteiger partial charge in [-0.25, -0.2) is 4.79 Å². The zero-order valence-electron chi connectivity index (χ0n) is 23.0. The zero-order chi connectivity index (χ0) is 27.7. The number of urea groups is 1. The van der Waals surface area contributed by atoms with Gasteiger partial charge in [0.25, 0.3) is 5.91 Å². The second-order valence-electron chi connectivity index (χ2n) is 9.43. The van der Waals surface area contributed by atoms with Gasteiger partial charge in [-0.1, -0.05) is 62.9 Å². The van der Waals surface area contributed by atoms with Gasteiger partial charge in [0.05, 0.1) is 21.3 Å². The van der Waals surface area contributed by atoms with Crippen LogP contribution in [0.15, 0.2) is 42.5 Å². The first-order valence-corrected chi connectivity index (χ1v) is 13.0. The largest absolute Gasteiger partial charge is 0.493 e. The van der Waals surface area contributed by atoms with Crippen LogP contribution in [-0.2, 0) is 21.5 Å². The van der Waals surface area contributed by atoms with Crippen molar-refractivity contribution in [1.29, 1.82) is 0 Å². The van der Waals surface area contributed by atoms with Crippen LogP contribution in [0.1, 0.15) is 50.2 Å². The van der Waals surface area contributed by atoms with E-state index >= 15 is 0 Å². The number of amides is 4. The number of hydrogen-bond donors (Lipinski definition) is 1. The monoisotopic (exact) mass is 525 g/mol. The van der Waals surface area contributed by atoms with Crippen LogP contribution in [0.5, 0.6) is 17.2 Å². The minimum atomic E-state index is -1.42. The third kappa shape index (κ3) is 5.87. The van der Waals surface area contributed by atoms with Crippen molar-refractivity contribution in [3.63, 3.8) is 0 Å². The lowest BCUT2D eigenvalue weighted by atomic mass is 9.82. The highest BCUT2D eigenvalue weighted by Crippen LogP contribution is 2.46. The van der Waals surface area contributed by atoms with Crippen molar-refractivity contribution < 1.29 is 28.6 Å². The molecule has 1 saturated heterocycles. The maximum atomic E-state index is 14.2. The van der Waals surface area contributed by atoms with E-state index in [1.165, 1.54) is 32.7 Å². The average molecular weight is 526 g/mol. The number of hydrogen-bond acceptors (Lipinski definition) is 6. The van der Waals surface area contributed by atoms with E-state index in [1.807, 2.05) is 30.3 Å². The lowest BCUT2D eigenvalue weighted by Crippen LogP contribution is -2.47. The number of likely N-dealkylation sites (N-methyl/N-ethyl adjacent to an activating group) is 1. The van der Waals surface area contributed by atoms with Gasteiger partial charge in [-0.15, -0.1) is 0 Å². The van der Waals surface area contributed by atoms with Gasteiger partial charge < -0.3 is 24.4 Å². The number of carbonyl (C=O) groups is 3. The predicted octanol–water partition coefficient (Wildman–Crippen LogP) is 4.13. The van der Waals surface area contributed by atoms with Gasteiger partial charge in [0.2, 0.25) is 11.7 Å². The van der Waals surface area contributed by atoms with Crippen LogP contribution >= 0.6 is 0 Å². The zero-order valence-corrected chi connectivity index (χ0v) is 23.0. The van der Waals surface area contributed by atoms with E-state index < -0.39 is 17.5 Å². The van der Waals surface area contributed by atoms with Crippen LogP contribution in [0.2, 0.25) is 0 Å². The van der Waals surface area contributed by atoms with E-state index in [0.29, 0.717) is 29.4 Å². The highest BCUT2D eigenvalue weighted by atomic mass is 16.5. The third-order valence-electron chi connectivity index (χ3n) is 7.04. The van der Waals surface area contributed by atoms with Crippen LogP contribution < -0.4 is 19.5 Å². The van der Waals surface area contributed by atoms with E-state index in [-0.39, 0.29) is 18.9 Å². The van der Waals surface area contributed by atoms with Gasteiger partial charge in [0.1, 0.15) is 6.54 Å². The Labute approximate surface area is 225 Å². The Balaban J connectivity index is 1.96. The number of nitrogens with zero attached hydrogens (tertiary/aromatic N) is 2.